The van der Waals surface area contributed by atoms with Gasteiger partial charge in [-0.3, -0.25) is 9.59 Å². The van der Waals surface area contributed by atoms with Gasteiger partial charge in [-0.1, -0.05) is 29.8 Å². The number of hydrogen-bond donors (Lipinski definition) is 3. The van der Waals surface area contributed by atoms with Crippen LogP contribution < -0.4 is 24.8 Å². The number of carbonyl (C=O) groups excluding carboxylic acids is 2. The van der Waals surface area contributed by atoms with Crippen LogP contribution in [0, 0.1) is 5.82 Å². The third-order valence-corrected chi connectivity index (χ3v) is 6.27. The molecule has 0 radical (unpaired) electrons. The van der Waals surface area contributed by atoms with Gasteiger partial charge < -0.3 is 20.1 Å². The molecule has 1 aliphatic rings. The lowest BCUT2D eigenvalue weighted by atomic mass is 9.97. The van der Waals surface area contributed by atoms with Crippen molar-refractivity contribution in [3.63, 3.8) is 0 Å². The van der Waals surface area contributed by atoms with Crippen molar-refractivity contribution in [2.75, 3.05) is 19.4 Å². The van der Waals surface area contributed by atoms with Crippen LogP contribution in [-0.2, 0) is 19.6 Å². The summed E-state index contributed by atoms with van der Waals surface area (Å²) in [5.74, 6) is -1.14. The molecular weight excluding hydrogens is 536 g/mol. The van der Waals surface area contributed by atoms with Crippen LogP contribution in [0.15, 0.2) is 48.7 Å². The molecule has 0 fully saturated rings. The summed E-state index contributed by atoms with van der Waals surface area (Å²) < 4.78 is 50.5. The van der Waals surface area contributed by atoms with Gasteiger partial charge in [0.1, 0.15) is 17.3 Å². The Morgan fingerprint density at radius 1 is 1.22 bits per heavy atom. The largest absolute Gasteiger partial charge is 0.484 e. The van der Waals surface area contributed by atoms with Gasteiger partial charge in [0.15, 0.2) is 12.7 Å². The van der Waals surface area contributed by atoms with E-state index in [4.69, 9.17) is 32.7 Å². The number of amides is 2. The summed E-state index contributed by atoms with van der Waals surface area (Å²) in [7, 11) is -3.56. The highest BCUT2D eigenvalue weighted by atomic mass is 35.5. The summed E-state index contributed by atoms with van der Waals surface area (Å²) in [6.45, 7) is 3.50. The molecule has 1 heterocycles. The topological polar surface area (TPSA) is 123 Å². The fraction of sp³-hybridized carbons (Fsp3) is 0.304. The van der Waals surface area contributed by atoms with Crippen molar-refractivity contribution in [2.24, 2.45) is 0 Å². The minimum absolute atomic E-state index is 0.0587. The summed E-state index contributed by atoms with van der Waals surface area (Å²) in [5.41, 5.74) is 0.865. The number of sulfonamides is 1. The lowest BCUT2D eigenvalue weighted by Crippen LogP contribution is -2.44. The molecule has 0 aromatic heterocycles. The molecule has 36 heavy (non-hydrogen) atoms. The maximum Gasteiger partial charge on any atom is 0.262 e. The normalized spacial score (nSPS) is 16.9. The smallest absolute Gasteiger partial charge is 0.262 e. The third kappa shape index (κ3) is 8.09. The van der Waals surface area contributed by atoms with Gasteiger partial charge in [0.25, 0.3) is 11.8 Å². The van der Waals surface area contributed by atoms with Crippen molar-refractivity contribution in [2.45, 2.75) is 25.0 Å². The first-order chi connectivity index (χ1) is 16.9. The Kier molecular flexibility index (Phi) is 9.18. The maximum atomic E-state index is 13.4. The van der Waals surface area contributed by atoms with E-state index >= 15 is 0 Å². The van der Waals surface area contributed by atoms with E-state index in [1.54, 1.807) is 18.2 Å². The van der Waals surface area contributed by atoms with E-state index in [0.717, 1.165) is 12.3 Å². The number of hydrogen-bond acceptors (Lipinski definition) is 6. The maximum absolute atomic E-state index is 13.4. The Morgan fingerprint density at radius 2 is 1.97 bits per heavy atom. The van der Waals surface area contributed by atoms with Gasteiger partial charge in [0, 0.05) is 41.7 Å². The fourth-order valence-electron chi connectivity index (χ4n) is 3.43. The molecule has 194 valence electrons. The van der Waals surface area contributed by atoms with Crippen LogP contribution in [0.5, 0.6) is 11.5 Å². The number of halogens is 3. The molecule has 0 saturated heterocycles. The first-order valence-electron chi connectivity index (χ1n) is 10.7. The van der Waals surface area contributed by atoms with E-state index < -0.39 is 39.8 Å². The highest BCUT2D eigenvalue weighted by Gasteiger charge is 2.34. The fourth-order valence-corrected chi connectivity index (χ4v) is 4.47. The zero-order chi connectivity index (χ0) is 26.5. The molecule has 1 aliphatic heterocycles. The number of fused-ring (bicyclic) bond motifs is 1. The second-order valence-corrected chi connectivity index (χ2v) is 10.6. The van der Waals surface area contributed by atoms with Crippen LogP contribution in [0.2, 0.25) is 10.0 Å². The van der Waals surface area contributed by atoms with Gasteiger partial charge in [-0.15, -0.1) is 0 Å². The van der Waals surface area contributed by atoms with Gasteiger partial charge in [-0.05, 0) is 30.3 Å². The monoisotopic (exact) mass is 559 g/mol. The number of rotatable bonds is 10. The average Bonchev–Trinajstić information content (AvgIpc) is 2.79. The molecule has 2 amide bonds. The van der Waals surface area contributed by atoms with Crippen LogP contribution in [0.3, 0.4) is 0 Å². The number of benzene rings is 2. The van der Waals surface area contributed by atoms with Crippen molar-refractivity contribution in [3.8, 4) is 11.5 Å². The van der Waals surface area contributed by atoms with Crippen LogP contribution >= 0.6 is 23.2 Å². The molecule has 2 unspecified atom stereocenters. The Hall–Kier alpha value is -2.86. The lowest BCUT2D eigenvalue weighted by Gasteiger charge is -2.31. The number of ether oxygens (including phenoxy) is 2. The van der Waals surface area contributed by atoms with Crippen molar-refractivity contribution >= 4 is 45.0 Å². The van der Waals surface area contributed by atoms with Crippen LogP contribution in [0.1, 0.15) is 24.4 Å². The first kappa shape index (κ1) is 27.7. The van der Waals surface area contributed by atoms with Crippen LogP contribution in [0.4, 0.5) is 4.39 Å². The summed E-state index contributed by atoms with van der Waals surface area (Å²) in [6, 6.07) is 7.86. The Bertz CT molecular complexity index is 1270. The summed E-state index contributed by atoms with van der Waals surface area (Å²) in [4.78, 5) is 24.7. The molecule has 3 N–H and O–H groups in total. The zero-order valence-corrected chi connectivity index (χ0v) is 21.5. The van der Waals surface area contributed by atoms with Crippen LogP contribution in [-0.4, -0.2) is 45.7 Å². The Balaban J connectivity index is 1.47. The summed E-state index contributed by atoms with van der Waals surface area (Å²) >= 11 is 11.6. The highest BCUT2D eigenvalue weighted by Crippen LogP contribution is 2.37. The van der Waals surface area contributed by atoms with E-state index in [2.05, 4.69) is 21.9 Å². The van der Waals surface area contributed by atoms with Crippen molar-refractivity contribution < 1.29 is 31.9 Å². The molecule has 9 nitrogen and oxygen atoms in total. The van der Waals surface area contributed by atoms with Gasteiger partial charge in [0.05, 0.1) is 17.3 Å². The van der Waals surface area contributed by atoms with Gasteiger partial charge in [-0.25, -0.2) is 17.5 Å². The van der Waals surface area contributed by atoms with Crippen molar-refractivity contribution in [1.82, 2.24) is 15.4 Å². The zero-order valence-electron chi connectivity index (χ0n) is 19.1. The standard InChI is InChI=1S/C23H24Cl2FN3O6S/c1-13(28-22(30)12-34-15-4-5-17(25)18(26)10-15)7-8-27-23(31)21-11-19(29-36(2,32)33)16-9-14(24)3-6-20(16)35-21/h3-6,9-10,19,21,29H,1,7-8,11-12H2,2H3,(H,27,31)(H,28,30). The predicted octanol–water partition coefficient (Wildman–Crippen LogP) is 3.09. The Morgan fingerprint density at radius 3 is 2.67 bits per heavy atom. The third-order valence-electron chi connectivity index (χ3n) is 5.02. The van der Waals surface area contributed by atoms with Crippen molar-refractivity contribution in [3.05, 3.63) is 70.1 Å². The summed E-state index contributed by atoms with van der Waals surface area (Å²) in [5, 5.41) is 5.57. The molecule has 0 bridgehead atoms. The molecule has 3 rings (SSSR count). The van der Waals surface area contributed by atoms with E-state index in [-0.39, 0.29) is 36.8 Å². The quantitative estimate of drug-likeness (QED) is 0.411. The number of carbonyl (C=O) groups is 2. The van der Waals surface area contributed by atoms with Crippen LogP contribution in [0.25, 0.3) is 0 Å². The lowest BCUT2D eigenvalue weighted by molar-refractivity contribution is -0.129. The molecule has 0 spiro atoms. The predicted molar refractivity (Wildman–Crippen MR) is 133 cm³/mol. The van der Waals surface area contributed by atoms with E-state index in [1.807, 2.05) is 0 Å². The SMILES string of the molecule is C=C(CCNC(=O)C1CC(NS(C)(=O)=O)c2cc(Cl)ccc2O1)NC(=O)COc1ccc(Cl)c(F)c1. The van der Waals surface area contributed by atoms with E-state index in [9.17, 15) is 22.4 Å². The molecule has 0 aliphatic carbocycles. The minimum atomic E-state index is -3.56. The van der Waals surface area contributed by atoms with E-state index in [0.29, 0.717) is 22.0 Å². The second kappa shape index (κ2) is 11.9. The molecule has 2 atom stereocenters. The molecule has 2 aromatic rings. The van der Waals surface area contributed by atoms with Gasteiger partial charge >= 0.3 is 0 Å². The second-order valence-electron chi connectivity index (χ2n) is 8.02. The van der Waals surface area contributed by atoms with E-state index in [1.165, 1.54) is 12.1 Å². The minimum Gasteiger partial charge on any atom is -0.484 e. The molecule has 13 heteroatoms. The molecule has 2 aromatic carbocycles. The Labute approximate surface area is 218 Å². The highest BCUT2D eigenvalue weighted by molar-refractivity contribution is 7.88. The molecular formula is C23H24Cl2FN3O6S. The van der Waals surface area contributed by atoms with Gasteiger partial charge in [0.2, 0.25) is 10.0 Å². The summed E-state index contributed by atoms with van der Waals surface area (Å²) in [6.07, 6.45) is 0.359. The first-order valence-corrected chi connectivity index (χ1v) is 13.3. The average molecular weight is 560 g/mol. The molecule has 0 saturated carbocycles. The number of nitrogens with one attached hydrogen (secondary N) is 3. The van der Waals surface area contributed by atoms with Gasteiger partial charge in [-0.2, -0.15) is 0 Å². The van der Waals surface area contributed by atoms with Crippen molar-refractivity contribution in [1.29, 1.82) is 0 Å².